The highest BCUT2D eigenvalue weighted by Gasteiger charge is 2.22. The molecule has 4 rings (SSSR count). The number of aromatic nitrogens is 2. The van der Waals surface area contributed by atoms with E-state index in [1.165, 1.54) is 41.0 Å². The van der Waals surface area contributed by atoms with Crippen LogP contribution in [-0.2, 0) is 17.6 Å². The highest BCUT2D eigenvalue weighted by Crippen LogP contribution is 2.31. The Bertz CT molecular complexity index is 1050. The molecule has 0 amide bonds. The topological polar surface area (TPSA) is 72.0 Å². The number of H-pyrrole nitrogens is 1. The Kier molecular flexibility index (Phi) is 4.90. The van der Waals surface area contributed by atoms with Gasteiger partial charge in [0.1, 0.15) is 9.71 Å². The second-order valence-corrected chi connectivity index (χ2v) is 9.42. The molecule has 3 heterocycles. The van der Waals surface area contributed by atoms with Crippen LogP contribution >= 0.6 is 22.7 Å². The molecule has 5 nitrogen and oxygen atoms in total. The standard InChI is InChI=1S/C20H22N2O3S2/c1-10-12(3)26-19-16(10)18(23)21-17(22-19)11(2)25-20(24)15-9-13-7-5-4-6-8-14(13)27-15/h9,11H,4-8H2,1-3H3,(H,21,22,23)/t11-/m1/s1. The molecule has 1 aliphatic carbocycles. The van der Waals surface area contributed by atoms with E-state index in [9.17, 15) is 9.59 Å². The molecule has 0 spiro atoms. The van der Waals surface area contributed by atoms with E-state index in [1.54, 1.807) is 18.3 Å². The molecule has 0 fully saturated rings. The Hall–Kier alpha value is -1.99. The summed E-state index contributed by atoms with van der Waals surface area (Å²) in [5, 5.41) is 0.627. The zero-order chi connectivity index (χ0) is 19.1. The molecule has 27 heavy (non-hydrogen) atoms. The first-order chi connectivity index (χ1) is 12.9. The van der Waals surface area contributed by atoms with Crippen molar-refractivity contribution in [1.82, 2.24) is 9.97 Å². The van der Waals surface area contributed by atoms with Gasteiger partial charge in [-0.05, 0) is 63.6 Å². The van der Waals surface area contributed by atoms with Crippen molar-refractivity contribution in [2.75, 3.05) is 0 Å². The summed E-state index contributed by atoms with van der Waals surface area (Å²) < 4.78 is 5.62. The number of carbonyl (C=O) groups excluding carboxylic acids is 1. The van der Waals surface area contributed by atoms with E-state index in [0.29, 0.717) is 20.9 Å². The number of nitrogens with one attached hydrogen (secondary N) is 1. The van der Waals surface area contributed by atoms with Gasteiger partial charge in [0.05, 0.1) is 5.39 Å². The molecule has 0 aliphatic heterocycles. The summed E-state index contributed by atoms with van der Waals surface area (Å²) in [6, 6.07) is 1.98. The predicted octanol–water partition coefficient (Wildman–Crippen LogP) is 4.85. The number of nitrogens with zero attached hydrogens (tertiary/aromatic N) is 1. The van der Waals surface area contributed by atoms with Gasteiger partial charge in [0.15, 0.2) is 11.9 Å². The Morgan fingerprint density at radius 3 is 2.81 bits per heavy atom. The zero-order valence-electron chi connectivity index (χ0n) is 15.7. The van der Waals surface area contributed by atoms with Gasteiger partial charge in [-0.1, -0.05) is 6.42 Å². The largest absolute Gasteiger partial charge is 0.450 e. The lowest BCUT2D eigenvalue weighted by atomic mass is 10.1. The van der Waals surface area contributed by atoms with E-state index in [-0.39, 0.29) is 11.5 Å². The first kappa shape index (κ1) is 18.4. The van der Waals surface area contributed by atoms with Crippen molar-refractivity contribution < 1.29 is 9.53 Å². The molecule has 0 aromatic carbocycles. The number of ether oxygens (including phenoxy) is 1. The van der Waals surface area contributed by atoms with Crippen molar-refractivity contribution in [3.8, 4) is 0 Å². The zero-order valence-corrected chi connectivity index (χ0v) is 17.3. The number of esters is 1. The third-order valence-corrected chi connectivity index (χ3v) is 7.49. The monoisotopic (exact) mass is 402 g/mol. The summed E-state index contributed by atoms with van der Waals surface area (Å²) in [5.74, 6) is 0.0436. The van der Waals surface area contributed by atoms with Crippen molar-refractivity contribution in [2.24, 2.45) is 0 Å². The van der Waals surface area contributed by atoms with Gasteiger partial charge in [0.25, 0.3) is 5.56 Å². The molecule has 0 saturated carbocycles. The number of aromatic amines is 1. The van der Waals surface area contributed by atoms with Gasteiger partial charge >= 0.3 is 5.97 Å². The summed E-state index contributed by atoms with van der Waals surface area (Å²) in [5.41, 5.74) is 2.07. The summed E-state index contributed by atoms with van der Waals surface area (Å²) in [7, 11) is 0. The minimum Gasteiger partial charge on any atom is -0.450 e. The maximum atomic E-state index is 12.6. The maximum Gasteiger partial charge on any atom is 0.349 e. The van der Waals surface area contributed by atoms with Crippen LogP contribution < -0.4 is 5.56 Å². The smallest absolute Gasteiger partial charge is 0.349 e. The summed E-state index contributed by atoms with van der Waals surface area (Å²) in [4.78, 5) is 36.1. The number of thiophene rings is 2. The summed E-state index contributed by atoms with van der Waals surface area (Å²) in [6.07, 6.45) is 5.09. The first-order valence-electron chi connectivity index (χ1n) is 9.26. The van der Waals surface area contributed by atoms with Crippen molar-refractivity contribution in [2.45, 2.75) is 59.0 Å². The second kappa shape index (κ2) is 7.20. The lowest BCUT2D eigenvalue weighted by Crippen LogP contribution is -2.17. The fourth-order valence-electron chi connectivity index (χ4n) is 3.51. The van der Waals surface area contributed by atoms with E-state index >= 15 is 0 Å². The minimum absolute atomic E-state index is 0.178. The minimum atomic E-state index is -0.612. The average Bonchev–Trinajstić information content (AvgIpc) is 3.08. The number of hydrogen-bond donors (Lipinski definition) is 1. The Morgan fingerprint density at radius 2 is 2.00 bits per heavy atom. The van der Waals surface area contributed by atoms with Gasteiger partial charge in [-0.3, -0.25) is 4.79 Å². The molecule has 0 bridgehead atoms. The predicted molar refractivity (Wildman–Crippen MR) is 109 cm³/mol. The summed E-state index contributed by atoms with van der Waals surface area (Å²) >= 11 is 3.03. The SMILES string of the molecule is Cc1sc2nc([C@@H](C)OC(=O)c3cc4c(s3)CCCCC4)[nH]c(=O)c2c1C. The Balaban J connectivity index is 1.57. The van der Waals surface area contributed by atoms with Crippen LogP contribution in [-0.4, -0.2) is 15.9 Å². The van der Waals surface area contributed by atoms with E-state index in [4.69, 9.17) is 4.74 Å². The number of rotatable bonds is 3. The lowest BCUT2D eigenvalue weighted by Gasteiger charge is -2.11. The van der Waals surface area contributed by atoms with Gasteiger partial charge in [-0.25, -0.2) is 9.78 Å². The second-order valence-electron chi connectivity index (χ2n) is 7.08. The van der Waals surface area contributed by atoms with Crippen LogP contribution in [0.15, 0.2) is 10.9 Å². The Labute approximate surface area is 165 Å². The van der Waals surface area contributed by atoms with Gasteiger partial charge in [0.2, 0.25) is 0 Å². The molecule has 0 radical (unpaired) electrons. The van der Waals surface area contributed by atoms with Crippen molar-refractivity contribution in [3.05, 3.63) is 48.0 Å². The van der Waals surface area contributed by atoms with Crippen LogP contribution in [0.25, 0.3) is 10.2 Å². The molecule has 1 atom stereocenters. The molecule has 3 aromatic heterocycles. The number of aryl methyl sites for hydroxylation is 4. The van der Waals surface area contributed by atoms with Crippen LogP contribution in [0.4, 0.5) is 0 Å². The number of fused-ring (bicyclic) bond motifs is 2. The van der Waals surface area contributed by atoms with Crippen LogP contribution in [0.2, 0.25) is 0 Å². The molecule has 0 saturated heterocycles. The molecular formula is C20H22N2O3S2. The van der Waals surface area contributed by atoms with E-state index in [1.807, 2.05) is 19.9 Å². The van der Waals surface area contributed by atoms with E-state index in [2.05, 4.69) is 9.97 Å². The molecule has 3 aromatic rings. The van der Waals surface area contributed by atoms with Gasteiger partial charge in [0, 0.05) is 9.75 Å². The van der Waals surface area contributed by atoms with Crippen LogP contribution in [0.5, 0.6) is 0 Å². The number of carbonyl (C=O) groups is 1. The van der Waals surface area contributed by atoms with E-state index in [0.717, 1.165) is 23.3 Å². The lowest BCUT2D eigenvalue weighted by molar-refractivity contribution is 0.0326. The van der Waals surface area contributed by atoms with Gasteiger partial charge < -0.3 is 9.72 Å². The molecule has 142 valence electrons. The normalized spacial score (nSPS) is 15.4. The highest BCUT2D eigenvalue weighted by atomic mass is 32.1. The average molecular weight is 403 g/mol. The Morgan fingerprint density at radius 1 is 1.22 bits per heavy atom. The maximum absolute atomic E-state index is 12.6. The molecule has 0 unspecified atom stereocenters. The van der Waals surface area contributed by atoms with Gasteiger partial charge in [-0.15, -0.1) is 22.7 Å². The molecule has 1 aliphatic rings. The van der Waals surface area contributed by atoms with Crippen LogP contribution in [0.1, 0.15) is 68.7 Å². The van der Waals surface area contributed by atoms with Crippen molar-refractivity contribution in [1.29, 1.82) is 0 Å². The van der Waals surface area contributed by atoms with Crippen molar-refractivity contribution >= 4 is 38.9 Å². The van der Waals surface area contributed by atoms with Crippen molar-refractivity contribution in [3.63, 3.8) is 0 Å². The quantitative estimate of drug-likeness (QED) is 0.502. The summed E-state index contributed by atoms with van der Waals surface area (Å²) in [6.45, 7) is 5.65. The van der Waals surface area contributed by atoms with Gasteiger partial charge in [-0.2, -0.15) is 0 Å². The fraction of sp³-hybridized carbons (Fsp3) is 0.450. The molecule has 1 N–H and O–H groups in total. The third kappa shape index (κ3) is 3.46. The third-order valence-electron chi connectivity index (χ3n) is 5.17. The number of hydrogen-bond acceptors (Lipinski definition) is 6. The van der Waals surface area contributed by atoms with E-state index < -0.39 is 6.10 Å². The highest BCUT2D eigenvalue weighted by molar-refractivity contribution is 7.18. The molecular weight excluding hydrogens is 380 g/mol. The van der Waals surface area contributed by atoms with Crippen LogP contribution in [0, 0.1) is 13.8 Å². The molecule has 7 heteroatoms. The van der Waals surface area contributed by atoms with Crippen LogP contribution in [0.3, 0.4) is 0 Å². The fourth-order valence-corrected chi connectivity index (χ4v) is 5.68. The first-order valence-corrected chi connectivity index (χ1v) is 10.9.